The van der Waals surface area contributed by atoms with E-state index in [1.165, 1.54) is 6.92 Å². The van der Waals surface area contributed by atoms with Gasteiger partial charge in [0.05, 0.1) is 11.9 Å². The highest BCUT2D eigenvalue weighted by Crippen LogP contribution is 2.30. The lowest BCUT2D eigenvalue weighted by Crippen LogP contribution is -2.34. The van der Waals surface area contributed by atoms with Crippen LogP contribution in [0.5, 0.6) is 0 Å². The zero-order valence-electron chi connectivity index (χ0n) is 14.7. The highest BCUT2D eigenvalue weighted by atomic mass is 19.4. The molecule has 1 atom stereocenters. The van der Waals surface area contributed by atoms with Crippen LogP contribution in [0, 0.1) is 12.8 Å². The Morgan fingerprint density at radius 3 is 2.85 bits per heavy atom. The van der Waals surface area contributed by atoms with Gasteiger partial charge >= 0.3 is 12.2 Å². The van der Waals surface area contributed by atoms with Crippen molar-refractivity contribution in [3.05, 3.63) is 41.9 Å². The molecule has 0 spiro atoms. The molecule has 7 nitrogen and oxygen atoms in total. The molecule has 144 valence electrons. The summed E-state index contributed by atoms with van der Waals surface area (Å²) in [5.74, 6) is -0.257. The number of carbonyl (C=O) groups is 1. The molecule has 0 aliphatic rings. The fourth-order valence-electron chi connectivity index (χ4n) is 2.65. The number of anilines is 1. The fourth-order valence-corrected chi connectivity index (χ4v) is 2.65. The van der Waals surface area contributed by atoms with Gasteiger partial charge in [-0.2, -0.15) is 18.3 Å². The van der Waals surface area contributed by atoms with E-state index in [1.807, 2.05) is 0 Å². The predicted molar refractivity (Wildman–Crippen MR) is 92.2 cm³/mol. The summed E-state index contributed by atoms with van der Waals surface area (Å²) < 4.78 is 45.0. The molecular formula is C17H18F3N5O2. The third-order valence-corrected chi connectivity index (χ3v) is 3.90. The van der Waals surface area contributed by atoms with E-state index >= 15 is 0 Å². The molecule has 0 unspecified atom stereocenters. The second kappa shape index (κ2) is 7.29. The molecule has 0 saturated heterocycles. The van der Waals surface area contributed by atoms with Gasteiger partial charge in [-0.1, -0.05) is 12.1 Å². The van der Waals surface area contributed by atoms with Crippen LogP contribution >= 0.6 is 0 Å². The monoisotopic (exact) mass is 381 g/mol. The molecule has 2 N–H and O–H groups in total. The molecule has 10 heteroatoms. The van der Waals surface area contributed by atoms with Crippen molar-refractivity contribution in [3.63, 3.8) is 0 Å². The molecule has 0 saturated carbocycles. The Balaban J connectivity index is 1.54. The summed E-state index contributed by atoms with van der Waals surface area (Å²) >= 11 is 0. The van der Waals surface area contributed by atoms with Crippen LogP contribution in [0.25, 0.3) is 11.0 Å². The molecule has 2 heterocycles. The lowest BCUT2D eigenvalue weighted by molar-refractivity contribution is -0.144. The summed E-state index contributed by atoms with van der Waals surface area (Å²) in [4.78, 5) is 12.0. The van der Waals surface area contributed by atoms with Gasteiger partial charge in [0.2, 0.25) is 0 Å². The van der Waals surface area contributed by atoms with Crippen molar-refractivity contribution in [1.82, 2.24) is 20.3 Å². The largest absolute Gasteiger partial charge is 0.433 e. The van der Waals surface area contributed by atoms with Gasteiger partial charge in [-0.05, 0) is 31.0 Å². The van der Waals surface area contributed by atoms with Crippen LogP contribution in [0.2, 0.25) is 0 Å². The summed E-state index contributed by atoms with van der Waals surface area (Å²) in [5, 5.41) is 13.6. The van der Waals surface area contributed by atoms with Crippen LogP contribution < -0.4 is 10.6 Å². The van der Waals surface area contributed by atoms with Gasteiger partial charge in [0.1, 0.15) is 5.69 Å². The summed E-state index contributed by atoms with van der Waals surface area (Å²) in [7, 11) is 0. The van der Waals surface area contributed by atoms with Gasteiger partial charge in [0.25, 0.3) is 0 Å². The molecule has 3 aromatic rings. The molecule has 2 aromatic heterocycles. The number of rotatable bonds is 5. The third-order valence-electron chi connectivity index (χ3n) is 3.90. The number of urea groups is 1. The zero-order chi connectivity index (χ0) is 19.6. The molecule has 0 radical (unpaired) electrons. The first-order valence-electron chi connectivity index (χ1n) is 8.23. The average Bonchev–Trinajstić information content (AvgIpc) is 3.18. The second-order valence-electron chi connectivity index (χ2n) is 6.37. The van der Waals surface area contributed by atoms with E-state index in [-0.39, 0.29) is 19.0 Å². The minimum absolute atomic E-state index is 0.0347. The Morgan fingerprint density at radius 2 is 2.11 bits per heavy atom. The maximum Gasteiger partial charge on any atom is 0.433 e. The Morgan fingerprint density at radius 1 is 1.33 bits per heavy atom. The van der Waals surface area contributed by atoms with Crippen molar-refractivity contribution in [3.8, 4) is 0 Å². The van der Waals surface area contributed by atoms with E-state index in [0.29, 0.717) is 17.0 Å². The Hall–Kier alpha value is -3.04. The van der Waals surface area contributed by atoms with Crippen LogP contribution in [-0.4, -0.2) is 27.5 Å². The zero-order valence-corrected chi connectivity index (χ0v) is 14.7. The minimum Gasteiger partial charge on any atom is -0.356 e. The van der Waals surface area contributed by atoms with Gasteiger partial charge in [-0.15, -0.1) is 0 Å². The lowest BCUT2D eigenvalue weighted by Gasteiger charge is -2.16. The first-order chi connectivity index (χ1) is 12.7. The highest BCUT2D eigenvalue weighted by molar-refractivity contribution is 5.91. The number of benzene rings is 1. The summed E-state index contributed by atoms with van der Waals surface area (Å²) in [5.41, 5.74) is 0.557. The second-order valence-corrected chi connectivity index (χ2v) is 6.37. The predicted octanol–water partition coefficient (Wildman–Crippen LogP) is 3.81. The number of alkyl halides is 3. The molecule has 0 bridgehead atoms. The van der Waals surface area contributed by atoms with Crippen molar-refractivity contribution in [2.75, 3.05) is 11.9 Å². The maximum atomic E-state index is 13.0. The Kier molecular flexibility index (Phi) is 5.06. The van der Waals surface area contributed by atoms with Crippen LogP contribution in [-0.2, 0) is 12.7 Å². The maximum absolute atomic E-state index is 13.0. The first kappa shape index (κ1) is 18.7. The smallest absolute Gasteiger partial charge is 0.356 e. The Bertz CT molecular complexity index is 948. The van der Waals surface area contributed by atoms with Gasteiger partial charge in [-0.3, -0.25) is 4.68 Å². The van der Waals surface area contributed by atoms with Crippen LogP contribution in [0.15, 0.2) is 35.0 Å². The van der Waals surface area contributed by atoms with Gasteiger partial charge in [0, 0.05) is 30.2 Å². The number of aromatic nitrogens is 3. The van der Waals surface area contributed by atoms with E-state index in [4.69, 9.17) is 4.52 Å². The number of carbonyl (C=O) groups excluding carboxylic acids is 1. The van der Waals surface area contributed by atoms with E-state index < -0.39 is 17.9 Å². The van der Waals surface area contributed by atoms with Crippen molar-refractivity contribution >= 4 is 22.7 Å². The fraction of sp³-hybridized carbons (Fsp3) is 0.353. The molecule has 0 aliphatic carbocycles. The van der Waals surface area contributed by atoms with Crippen molar-refractivity contribution in [2.45, 2.75) is 26.6 Å². The number of aryl methyl sites for hydroxylation is 1. The van der Waals surface area contributed by atoms with Crippen molar-refractivity contribution < 1.29 is 22.5 Å². The van der Waals surface area contributed by atoms with Gasteiger partial charge in [0.15, 0.2) is 5.58 Å². The molecule has 27 heavy (non-hydrogen) atoms. The molecule has 0 aliphatic heterocycles. The summed E-state index contributed by atoms with van der Waals surface area (Å²) in [6.07, 6.45) is -2.90. The van der Waals surface area contributed by atoms with E-state index in [2.05, 4.69) is 20.9 Å². The van der Waals surface area contributed by atoms with E-state index in [0.717, 1.165) is 16.1 Å². The number of nitrogens with zero attached hydrogens (tertiary/aromatic N) is 3. The number of amides is 2. The van der Waals surface area contributed by atoms with Crippen LogP contribution in [0.3, 0.4) is 0 Å². The normalized spacial score (nSPS) is 12.9. The minimum atomic E-state index is -4.47. The summed E-state index contributed by atoms with van der Waals surface area (Å²) in [6, 6.07) is 5.63. The molecular weight excluding hydrogens is 363 g/mol. The van der Waals surface area contributed by atoms with Crippen molar-refractivity contribution in [2.24, 2.45) is 5.92 Å². The number of nitrogens with one attached hydrogen (secondary N) is 2. The molecule has 0 fully saturated rings. The van der Waals surface area contributed by atoms with E-state index in [9.17, 15) is 18.0 Å². The van der Waals surface area contributed by atoms with Crippen LogP contribution in [0.1, 0.15) is 18.3 Å². The van der Waals surface area contributed by atoms with Gasteiger partial charge in [-0.25, -0.2) is 4.79 Å². The SMILES string of the molecule is Cc1cc(C(F)(F)F)n(C[C@H](C)CNC(=O)Nc2ccc3cnoc3c2)n1. The van der Waals surface area contributed by atoms with Crippen molar-refractivity contribution in [1.29, 1.82) is 0 Å². The summed E-state index contributed by atoms with van der Waals surface area (Å²) in [6.45, 7) is 3.46. The van der Waals surface area contributed by atoms with Gasteiger partial charge < -0.3 is 15.2 Å². The third kappa shape index (κ3) is 4.57. The quantitative estimate of drug-likeness (QED) is 0.704. The highest BCUT2D eigenvalue weighted by Gasteiger charge is 2.35. The average molecular weight is 381 g/mol. The number of fused-ring (bicyclic) bond motifs is 1. The Labute approximate surface area is 152 Å². The topological polar surface area (TPSA) is 85.0 Å². The number of halogens is 3. The lowest BCUT2D eigenvalue weighted by atomic mass is 10.2. The molecule has 3 rings (SSSR count). The standard InChI is InChI=1S/C17H18F3N5O2/c1-10(9-25-15(17(18,19)20)5-11(2)24-25)7-21-16(26)23-13-4-3-12-8-22-27-14(12)6-13/h3-6,8,10H,7,9H2,1-2H3,(H2,21,23,26)/t10-/m1/s1. The number of hydrogen-bond acceptors (Lipinski definition) is 4. The van der Waals surface area contributed by atoms with E-state index in [1.54, 1.807) is 31.3 Å². The molecule has 1 aromatic carbocycles. The number of hydrogen-bond donors (Lipinski definition) is 2. The molecule has 2 amide bonds. The first-order valence-corrected chi connectivity index (χ1v) is 8.23. The van der Waals surface area contributed by atoms with Crippen LogP contribution in [0.4, 0.5) is 23.7 Å².